The molecule has 164 valence electrons. The van der Waals surface area contributed by atoms with Gasteiger partial charge in [-0.25, -0.2) is 9.97 Å². The summed E-state index contributed by atoms with van der Waals surface area (Å²) in [6.45, 7) is 1.62. The van der Waals surface area contributed by atoms with Crippen LogP contribution in [-0.4, -0.2) is 90.2 Å². The third-order valence-electron chi connectivity index (χ3n) is 5.80. The lowest BCUT2D eigenvalue weighted by Crippen LogP contribution is -2.41. The molecule has 1 aromatic heterocycles. The van der Waals surface area contributed by atoms with Crippen LogP contribution >= 0.6 is 0 Å². The van der Waals surface area contributed by atoms with E-state index < -0.39 is 0 Å². The topological polar surface area (TPSA) is 90.0 Å². The first-order chi connectivity index (χ1) is 14.2. The van der Waals surface area contributed by atoms with Gasteiger partial charge in [0.05, 0.1) is 18.8 Å². The minimum atomic E-state index is -0.124. The fraction of sp³-hybridized carbons (Fsp3) is 0.667. The van der Waals surface area contributed by atoms with Crippen LogP contribution in [0.4, 0.5) is 5.82 Å². The second-order valence-corrected chi connectivity index (χ2v) is 8.51. The van der Waals surface area contributed by atoms with Gasteiger partial charge in [0.2, 0.25) is 17.7 Å². The maximum absolute atomic E-state index is 12.7. The van der Waals surface area contributed by atoms with Gasteiger partial charge in [0.1, 0.15) is 11.6 Å². The molecule has 9 heteroatoms. The van der Waals surface area contributed by atoms with E-state index in [1.807, 2.05) is 25.1 Å². The van der Waals surface area contributed by atoms with Crippen molar-refractivity contribution in [3.63, 3.8) is 0 Å². The second-order valence-electron chi connectivity index (χ2n) is 8.51. The summed E-state index contributed by atoms with van der Waals surface area (Å²) >= 11 is 0. The molecule has 2 fully saturated rings. The number of hydrogen-bond donors (Lipinski definition) is 0. The summed E-state index contributed by atoms with van der Waals surface area (Å²) in [5.74, 6) is 1.36. The molecule has 0 bridgehead atoms. The molecule has 30 heavy (non-hydrogen) atoms. The van der Waals surface area contributed by atoms with Crippen molar-refractivity contribution in [1.82, 2.24) is 24.7 Å². The molecule has 3 rings (SSSR count). The van der Waals surface area contributed by atoms with Crippen molar-refractivity contribution in [2.45, 2.75) is 44.6 Å². The van der Waals surface area contributed by atoms with Crippen LogP contribution < -0.4 is 4.90 Å². The first-order valence-electron chi connectivity index (χ1n) is 10.6. The van der Waals surface area contributed by atoms with E-state index in [9.17, 15) is 14.4 Å². The molecule has 3 heterocycles. The Morgan fingerprint density at radius 2 is 1.90 bits per heavy atom. The number of carbonyl (C=O) groups excluding carboxylic acids is 3. The largest absolute Gasteiger partial charge is 0.363 e. The Bertz CT molecular complexity index is 812. The summed E-state index contributed by atoms with van der Waals surface area (Å²) in [6, 6.07) is 1.92. The number of likely N-dealkylation sites (tertiary alicyclic amines) is 2. The molecule has 1 atom stereocenters. The first kappa shape index (κ1) is 22.0. The lowest BCUT2D eigenvalue weighted by molar-refractivity contribution is -0.139. The minimum absolute atomic E-state index is 0.0266. The molecule has 1 aromatic rings. The molecule has 2 aliphatic rings. The lowest BCUT2D eigenvalue weighted by atomic mass is 10.0. The standard InChI is InChI=1S/C21H32N6O3/c1-24(2)18-11-16(15-10-20(29)25(3)12-15)22-17(23-18)13-26(4)21(30)14-27-9-7-5-6-8-19(27)28/h11,15H,5-10,12-14H2,1-4H3. The molecule has 0 aromatic carbocycles. The van der Waals surface area contributed by atoms with Gasteiger partial charge in [0, 0.05) is 66.1 Å². The summed E-state index contributed by atoms with van der Waals surface area (Å²) in [5, 5.41) is 0. The van der Waals surface area contributed by atoms with Gasteiger partial charge in [0.15, 0.2) is 0 Å². The number of aromatic nitrogens is 2. The van der Waals surface area contributed by atoms with E-state index in [1.54, 1.807) is 28.8 Å². The van der Waals surface area contributed by atoms with Crippen molar-refractivity contribution in [2.24, 2.45) is 0 Å². The van der Waals surface area contributed by atoms with Crippen molar-refractivity contribution < 1.29 is 14.4 Å². The second kappa shape index (κ2) is 9.40. The highest BCUT2D eigenvalue weighted by Crippen LogP contribution is 2.27. The molecule has 2 aliphatic heterocycles. The van der Waals surface area contributed by atoms with Crippen LogP contribution in [0.25, 0.3) is 0 Å². The third-order valence-corrected chi connectivity index (χ3v) is 5.80. The molecule has 0 saturated carbocycles. The van der Waals surface area contributed by atoms with Gasteiger partial charge < -0.3 is 19.6 Å². The number of rotatable bonds is 6. The van der Waals surface area contributed by atoms with E-state index in [-0.39, 0.29) is 36.7 Å². The quantitative estimate of drug-likeness (QED) is 0.683. The summed E-state index contributed by atoms with van der Waals surface area (Å²) in [4.78, 5) is 53.0. The molecule has 0 spiro atoms. The van der Waals surface area contributed by atoms with Gasteiger partial charge >= 0.3 is 0 Å². The minimum Gasteiger partial charge on any atom is -0.363 e. The summed E-state index contributed by atoms with van der Waals surface area (Å²) in [6.07, 6.45) is 3.81. The van der Waals surface area contributed by atoms with Gasteiger partial charge in [-0.2, -0.15) is 0 Å². The number of carbonyl (C=O) groups is 3. The number of hydrogen-bond acceptors (Lipinski definition) is 6. The van der Waals surface area contributed by atoms with Crippen molar-refractivity contribution in [3.05, 3.63) is 17.6 Å². The van der Waals surface area contributed by atoms with E-state index in [2.05, 4.69) is 9.97 Å². The van der Waals surface area contributed by atoms with Crippen LogP contribution in [0.2, 0.25) is 0 Å². The van der Waals surface area contributed by atoms with Gasteiger partial charge in [0.25, 0.3) is 0 Å². The van der Waals surface area contributed by atoms with Crippen LogP contribution in [0.3, 0.4) is 0 Å². The molecule has 9 nitrogen and oxygen atoms in total. The van der Waals surface area contributed by atoms with E-state index in [0.717, 1.165) is 30.8 Å². The molecule has 0 aliphatic carbocycles. The predicted octanol–water partition coefficient (Wildman–Crippen LogP) is 0.849. The maximum Gasteiger partial charge on any atom is 0.242 e. The Balaban J connectivity index is 1.72. The third kappa shape index (κ3) is 5.25. The van der Waals surface area contributed by atoms with Crippen LogP contribution in [-0.2, 0) is 20.9 Å². The van der Waals surface area contributed by atoms with Crippen LogP contribution in [0.5, 0.6) is 0 Å². The zero-order valence-corrected chi connectivity index (χ0v) is 18.4. The smallest absolute Gasteiger partial charge is 0.242 e. The lowest BCUT2D eigenvalue weighted by Gasteiger charge is -2.24. The molecular weight excluding hydrogens is 384 g/mol. The van der Waals surface area contributed by atoms with Crippen LogP contribution in [0.1, 0.15) is 49.5 Å². The summed E-state index contributed by atoms with van der Waals surface area (Å²) in [7, 11) is 7.32. The number of anilines is 1. The highest BCUT2D eigenvalue weighted by molar-refractivity contribution is 5.84. The molecule has 3 amide bonds. The highest BCUT2D eigenvalue weighted by atomic mass is 16.2. The van der Waals surface area contributed by atoms with Crippen molar-refractivity contribution >= 4 is 23.5 Å². The van der Waals surface area contributed by atoms with Gasteiger partial charge in [-0.05, 0) is 12.8 Å². The zero-order chi connectivity index (χ0) is 21.8. The first-order valence-corrected chi connectivity index (χ1v) is 10.6. The number of amides is 3. The highest BCUT2D eigenvalue weighted by Gasteiger charge is 2.30. The molecule has 1 unspecified atom stereocenters. The van der Waals surface area contributed by atoms with Gasteiger partial charge in [-0.3, -0.25) is 14.4 Å². The Labute approximate surface area is 178 Å². The molecule has 0 N–H and O–H groups in total. The predicted molar refractivity (Wildman–Crippen MR) is 113 cm³/mol. The van der Waals surface area contributed by atoms with Gasteiger partial charge in [-0.15, -0.1) is 0 Å². The van der Waals surface area contributed by atoms with E-state index >= 15 is 0 Å². The Morgan fingerprint density at radius 1 is 1.13 bits per heavy atom. The SMILES string of the molecule is CN(Cc1nc(C2CC(=O)N(C)C2)cc(N(C)C)n1)C(=O)CN1CCCCCC1=O. The molecule has 2 saturated heterocycles. The monoisotopic (exact) mass is 416 g/mol. The normalized spacial score (nSPS) is 19.8. The zero-order valence-electron chi connectivity index (χ0n) is 18.4. The number of likely N-dealkylation sites (N-methyl/N-ethyl adjacent to an activating group) is 2. The Morgan fingerprint density at radius 3 is 2.57 bits per heavy atom. The summed E-state index contributed by atoms with van der Waals surface area (Å²) < 4.78 is 0. The Hall–Kier alpha value is -2.71. The van der Waals surface area contributed by atoms with Crippen LogP contribution in [0.15, 0.2) is 6.07 Å². The number of nitrogens with zero attached hydrogens (tertiary/aromatic N) is 6. The van der Waals surface area contributed by atoms with E-state index in [4.69, 9.17) is 0 Å². The van der Waals surface area contributed by atoms with Crippen molar-refractivity contribution in [2.75, 3.05) is 52.7 Å². The van der Waals surface area contributed by atoms with Crippen molar-refractivity contribution in [3.8, 4) is 0 Å². The fourth-order valence-corrected chi connectivity index (χ4v) is 3.86. The van der Waals surface area contributed by atoms with Gasteiger partial charge in [-0.1, -0.05) is 6.42 Å². The maximum atomic E-state index is 12.7. The average Bonchev–Trinajstić information content (AvgIpc) is 2.91. The average molecular weight is 417 g/mol. The van der Waals surface area contributed by atoms with E-state index in [1.165, 1.54) is 0 Å². The molecule has 0 radical (unpaired) electrons. The summed E-state index contributed by atoms with van der Waals surface area (Å²) in [5.41, 5.74) is 0.824. The van der Waals surface area contributed by atoms with Crippen LogP contribution in [0, 0.1) is 0 Å². The Kier molecular flexibility index (Phi) is 6.89. The molecular formula is C21H32N6O3. The van der Waals surface area contributed by atoms with E-state index in [0.29, 0.717) is 31.8 Å². The van der Waals surface area contributed by atoms with Crippen molar-refractivity contribution in [1.29, 1.82) is 0 Å². The fourth-order valence-electron chi connectivity index (χ4n) is 3.86.